The molecule has 0 radical (unpaired) electrons. The van der Waals surface area contributed by atoms with Crippen LogP contribution in [0.1, 0.15) is 37.9 Å². The minimum atomic E-state index is 0.0619. The third-order valence-electron chi connectivity index (χ3n) is 3.74. The highest BCUT2D eigenvalue weighted by Gasteiger charge is 2.26. The summed E-state index contributed by atoms with van der Waals surface area (Å²) in [6.07, 6.45) is 4.77. The molecule has 0 saturated heterocycles. The lowest BCUT2D eigenvalue weighted by Gasteiger charge is -2.26. The highest BCUT2D eigenvalue weighted by atomic mass is 16.4. The molecule has 0 bridgehead atoms. The van der Waals surface area contributed by atoms with Gasteiger partial charge in [-0.15, -0.1) is 0 Å². The molecule has 2 rings (SSSR count). The van der Waals surface area contributed by atoms with E-state index in [1.807, 2.05) is 13.0 Å². The van der Waals surface area contributed by atoms with Crippen LogP contribution in [0.4, 0.5) is 5.88 Å². The summed E-state index contributed by atoms with van der Waals surface area (Å²) in [5, 5.41) is 11.7. The van der Waals surface area contributed by atoms with Crippen LogP contribution in [0.25, 0.3) is 0 Å². The first-order chi connectivity index (χ1) is 8.69. The molecule has 1 aliphatic rings. The molecule has 1 saturated carbocycles. The third-order valence-corrected chi connectivity index (χ3v) is 3.74. The molecule has 1 aromatic heterocycles. The summed E-state index contributed by atoms with van der Waals surface area (Å²) >= 11 is 0. The molecule has 1 fully saturated rings. The monoisotopic (exact) mass is 251 g/mol. The predicted octanol–water partition coefficient (Wildman–Crippen LogP) is 2.72. The van der Waals surface area contributed by atoms with Gasteiger partial charge in [-0.1, -0.05) is 0 Å². The van der Waals surface area contributed by atoms with Crippen molar-refractivity contribution in [3.05, 3.63) is 17.9 Å². The van der Waals surface area contributed by atoms with Crippen molar-refractivity contribution < 1.29 is 14.3 Å². The number of aliphatic hydroxyl groups excluding tert-OH is 1. The Labute approximate surface area is 107 Å². The number of amides is 1. The van der Waals surface area contributed by atoms with Crippen LogP contribution in [-0.2, 0) is 4.79 Å². The van der Waals surface area contributed by atoms with E-state index in [0.717, 1.165) is 37.9 Å². The zero-order valence-corrected chi connectivity index (χ0v) is 10.8. The van der Waals surface area contributed by atoms with Crippen molar-refractivity contribution in [3.63, 3.8) is 0 Å². The Balaban J connectivity index is 1.80. The fraction of sp³-hybridized carbons (Fsp3) is 0.643. The summed E-state index contributed by atoms with van der Waals surface area (Å²) in [6, 6.07) is 3.62. The summed E-state index contributed by atoms with van der Waals surface area (Å²) in [5.41, 5.74) is 0. The molecule has 1 heterocycles. The minimum absolute atomic E-state index is 0.0619. The van der Waals surface area contributed by atoms with Crippen LogP contribution >= 0.6 is 0 Å². The first kappa shape index (κ1) is 13.1. The predicted molar refractivity (Wildman–Crippen MR) is 69.2 cm³/mol. The fourth-order valence-corrected chi connectivity index (χ4v) is 2.62. The Hall–Kier alpha value is -1.29. The van der Waals surface area contributed by atoms with Crippen LogP contribution in [0.5, 0.6) is 0 Å². The number of nitrogens with one attached hydrogen (secondary N) is 1. The van der Waals surface area contributed by atoms with E-state index >= 15 is 0 Å². The SMILES string of the molecule is Cc1ccc(NC(=O)C2CCC(CCO)CC2)o1. The average molecular weight is 251 g/mol. The molecule has 4 heteroatoms. The molecule has 0 atom stereocenters. The van der Waals surface area contributed by atoms with Crippen molar-refractivity contribution in [3.8, 4) is 0 Å². The molecule has 1 amide bonds. The molecular weight excluding hydrogens is 230 g/mol. The van der Waals surface area contributed by atoms with E-state index in [-0.39, 0.29) is 18.4 Å². The standard InChI is InChI=1S/C14H21NO3/c1-10-2-7-13(18-10)15-14(17)12-5-3-11(4-6-12)8-9-16/h2,7,11-12,16H,3-6,8-9H2,1H3,(H,15,17). The van der Waals surface area contributed by atoms with Gasteiger partial charge in [-0.3, -0.25) is 10.1 Å². The second kappa shape index (κ2) is 6.05. The zero-order valence-electron chi connectivity index (χ0n) is 10.8. The van der Waals surface area contributed by atoms with E-state index in [2.05, 4.69) is 5.32 Å². The van der Waals surface area contributed by atoms with Gasteiger partial charge in [0.1, 0.15) is 5.76 Å². The van der Waals surface area contributed by atoms with Crippen LogP contribution in [-0.4, -0.2) is 17.6 Å². The maximum Gasteiger partial charge on any atom is 0.229 e. The van der Waals surface area contributed by atoms with Crippen LogP contribution in [0.15, 0.2) is 16.5 Å². The lowest BCUT2D eigenvalue weighted by Crippen LogP contribution is -2.27. The summed E-state index contributed by atoms with van der Waals surface area (Å²) in [5.74, 6) is 2.08. The lowest BCUT2D eigenvalue weighted by atomic mass is 9.80. The van der Waals surface area contributed by atoms with E-state index in [1.54, 1.807) is 6.07 Å². The van der Waals surface area contributed by atoms with Gasteiger partial charge in [-0.2, -0.15) is 0 Å². The number of rotatable bonds is 4. The molecule has 0 aliphatic heterocycles. The zero-order chi connectivity index (χ0) is 13.0. The number of carbonyl (C=O) groups is 1. The molecule has 4 nitrogen and oxygen atoms in total. The van der Waals surface area contributed by atoms with E-state index in [1.165, 1.54) is 0 Å². The molecule has 1 aromatic rings. The Bertz CT molecular complexity index is 391. The van der Waals surface area contributed by atoms with Gasteiger partial charge < -0.3 is 9.52 Å². The second-order valence-corrected chi connectivity index (χ2v) is 5.13. The van der Waals surface area contributed by atoms with Crippen LogP contribution in [0.3, 0.4) is 0 Å². The van der Waals surface area contributed by atoms with Gasteiger partial charge in [-0.25, -0.2) is 0 Å². The molecule has 0 aromatic carbocycles. The summed E-state index contributed by atoms with van der Waals surface area (Å²) in [6.45, 7) is 2.11. The van der Waals surface area contributed by atoms with Gasteiger partial charge in [0.15, 0.2) is 5.88 Å². The fourth-order valence-electron chi connectivity index (χ4n) is 2.62. The molecule has 18 heavy (non-hydrogen) atoms. The Kier molecular flexibility index (Phi) is 4.42. The Morgan fingerprint density at radius 1 is 1.39 bits per heavy atom. The molecule has 2 N–H and O–H groups in total. The molecule has 1 aliphatic carbocycles. The van der Waals surface area contributed by atoms with E-state index in [9.17, 15) is 4.79 Å². The van der Waals surface area contributed by atoms with Gasteiger partial charge in [0.25, 0.3) is 0 Å². The highest BCUT2D eigenvalue weighted by Crippen LogP contribution is 2.31. The minimum Gasteiger partial charge on any atom is -0.446 e. The molecule has 0 unspecified atom stereocenters. The molecule has 100 valence electrons. The number of hydrogen-bond acceptors (Lipinski definition) is 3. The largest absolute Gasteiger partial charge is 0.446 e. The highest BCUT2D eigenvalue weighted by molar-refractivity contribution is 5.91. The van der Waals surface area contributed by atoms with Crippen LogP contribution in [0, 0.1) is 18.8 Å². The topological polar surface area (TPSA) is 62.5 Å². The Morgan fingerprint density at radius 3 is 2.67 bits per heavy atom. The van der Waals surface area contributed by atoms with E-state index < -0.39 is 0 Å². The summed E-state index contributed by atoms with van der Waals surface area (Å²) < 4.78 is 5.34. The van der Waals surface area contributed by atoms with Crippen molar-refractivity contribution in [1.82, 2.24) is 0 Å². The van der Waals surface area contributed by atoms with E-state index in [4.69, 9.17) is 9.52 Å². The summed E-state index contributed by atoms with van der Waals surface area (Å²) in [4.78, 5) is 12.0. The number of hydrogen-bond donors (Lipinski definition) is 2. The third kappa shape index (κ3) is 3.35. The van der Waals surface area contributed by atoms with Crippen molar-refractivity contribution in [2.45, 2.75) is 39.0 Å². The van der Waals surface area contributed by atoms with Crippen molar-refractivity contribution in [2.75, 3.05) is 11.9 Å². The lowest BCUT2D eigenvalue weighted by molar-refractivity contribution is -0.121. The van der Waals surface area contributed by atoms with Crippen molar-refractivity contribution in [1.29, 1.82) is 0 Å². The quantitative estimate of drug-likeness (QED) is 0.864. The van der Waals surface area contributed by atoms with Crippen molar-refractivity contribution in [2.24, 2.45) is 11.8 Å². The number of furan rings is 1. The normalized spacial score (nSPS) is 23.9. The van der Waals surface area contributed by atoms with Gasteiger partial charge >= 0.3 is 0 Å². The number of anilines is 1. The molecular formula is C14H21NO3. The maximum atomic E-state index is 12.0. The average Bonchev–Trinajstić information content (AvgIpc) is 2.76. The maximum absolute atomic E-state index is 12.0. The molecule has 0 spiro atoms. The van der Waals surface area contributed by atoms with E-state index in [0.29, 0.717) is 11.8 Å². The smallest absolute Gasteiger partial charge is 0.229 e. The van der Waals surface area contributed by atoms with Crippen molar-refractivity contribution >= 4 is 11.8 Å². The first-order valence-electron chi connectivity index (χ1n) is 6.67. The Morgan fingerprint density at radius 2 is 2.11 bits per heavy atom. The van der Waals surface area contributed by atoms with Gasteiger partial charge in [0.05, 0.1) is 0 Å². The second-order valence-electron chi connectivity index (χ2n) is 5.13. The van der Waals surface area contributed by atoms with Gasteiger partial charge in [0, 0.05) is 18.6 Å². The first-order valence-corrected chi connectivity index (χ1v) is 6.67. The summed E-state index contributed by atoms with van der Waals surface area (Å²) in [7, 11) is 0. The number of aliphatic hydroxyl groups is 1. The number of aryl methyl sites for hydroxylation is 1. The van der Waals surface area contributed by atoms with Crippen LogP contribution < -0.4 is 5.32 Å². The van der Waals surface area contributed by atoms with Crippen LogP contribution in [0.2, 0.25) is 0 Å². The van der Waals surface area contributed by atoms with Gasteiger partial charge in [-0.05, 0) is 51.0 Å². The number of carbonyl (C=O) groups excluding carboxylic acids is 1. The van der Waals surface area contributed by atoms with Gasteiger partial charge in [0.2, 0.25) is 5.91 Å².